The molecule has 1 atom stereocenters. The highest BCUT2D eigenvalue weighted by atomic mass is 35.5. The van der Waals surface area contributed by atoms with E-state index in [1.807, 2.05) is 27.7 Å². The van der Waals surface area contributed by atoms with Crippen LogP contribution in [0.5, 0.6) is 0 Å². The minimum Gasteiger partial charge on any atom is -0.338 e. The van der Waals surface area contributed by atoms with Crippen molar-refractivity contribution in [1.82, 2.24) is 4.90 Å². The molecule has 0 unspecified atom stereocenters. The minimum atomic E-state index is -4.34. The van der Waals surface area contributed by atoms with Crippen LogP contribution in [0.1, 0.15) is 34.1 Å². The van der Waals surface area contributed by atoms with E-state index in [4.69, 9.17) is 23.2 Å². The second-order valence-corrected chi connectivity index (χ2v) is 10.6. The Labute approximate surface area is 198 Å². The van der Waals surface area contributed by atoms with Crippen molar-refractivity contribution in [3.05, 3.63) is 52.5 Å². The third-order valence-electron chi connectivity index (χ3n) is 5.21. The summed E-state index contributed by atoms with van der Waals surface area (Å²) in [6.45, 7) is 7.48. The summed E-state index contributed by atoms with van der Waals surface area (Å²) in [7, 11) is -4.34. The number of carbonyl (C=O) groups excluding carboxylic acids is 2. The van der Waals surface area contributed by atoms with E-state index in [1.165, 1.54) is 18.2 Å². The molecule has 0 spiro atoms. The molecule has 0 saturated carbocycles. The summed E-state index contributed by atoms with van der Waals surface area (Å²) in [5.74, 6) is -0.918. The normalized spacial score (nSPS) is 16.2. The highest BCUT2D eigenvalue weighted by Crippen LogP contribution is 2.40. The topological polar surface area (TPSA) is 86.8 Å². The summed E-state index contributed by atoms with van der Waals surface area (Å²) in [6.07, 6.45) is -0.325. The number of sulfonamides is 1. The van der Waals surface area contributed by atoms with Crippen molar-refractivity contribution in [2.24, 2.45) is 0 Å². The van der Waals surface area contributed by atoms with Gasteiger partial charge in [-0.15, -0.1) is 0 Å². The van der Waals surface area contributed by atoms with Gasteiger partial charge in [0.25, 0.3) is 10.0 Å². The lowest BCUT2D eigenvalue weighted by molar-refractivity contribution is -0.136. The highest BCUT2D eigenvalue weighted by Gasteiger charge is 2.43. The van der Waals surface area contributed by atoms with Crippen molar-refractivity contribution in [3.63, 3.8) is 0 Å². The number of benzene rings is 2. The van der Waals surface area contributed by atoms with E-state index in [1.54, 1.807) is 29.2 Å². The number of fused-ring (bicyclic) bond motifs is 1. The zero-order valence-electron chi connectivity index (χ0n) is 18.2. The van der Waals surface area contributed by atoms with Gasteiger partial charge in [-0.2, -0.15) is 0 Å². The molecule has 1 aliphatic rings. The average Bonchev–Trinajstić information content (AvgIpc) is 2.69. The van der Waals surface area contributed by atoms with Gasteiger partial charge in [0.1, 0.15) is 10.9 Å². The van der Waals surface area contributed by atoms with E-state index in [0.717, 1.165) is 4.31 Å². The molecule has 2 amide bonds. The molecule has 0 fully saturated rings. The zero-order chi connectivity index (χ0) is 23.8. The molecule has 0 aromatic heterocycles. The van der Waals surface area contributed by atoms with Crippen LogP contribution in [0.4, 0.5) is 11.4 Å². The lowest BCUT2D eigenvalue weighted by atomic mass is 10.1. The maximum absolute atomic E-state index is 13.8. The Balaban J connectivity index is 2.15. The first-order valence-corrected chi connectivity index (χ1v) is 12.4. The highest BCUT2D eigenvalue weighted by molar-refractivity contribution is 7.93. The molecule has 0 radical (unpaired) electrons. The summed E-state index contributed by atoms with van der Waals surface area (Å²) in [4.78, 5) is 27.6. The Hall–Kier alpha value is -2.29. The summed E-state index contributed by atoms with van der Waals surface area (Å²) in [5, 5.41) is 2.64. The van der Waals surface area contributed by atoms with E-state index in [9.17, 15) is 18.0 Å². The van der Waals surface area contributed by atoms with Crippen LogP contribution in [0.25, 0.3) is 0 Å². The molecule has 0 aliphatic carbocycles. The van der Waals surface area contributed by atoms with Gasteiger partial charge in [-0.3, -0.25) is 13.9 Å². The molecule has 172 valence electrons. The molecule has 0 bridgehead atoms. The van der Waals surface area contributed by atoms with Gasteiger partial charge in [0, 0.05) is 12.1 Å². The molecule has 2 aromatic rings. The van der Waals surface area contributed by atoms with Crippen molar-refractivity contribution in [2.75, 3.05) is 9.62 Å². The van der Waals surface area contributed by atoms with Gasteiger partial charge in [-0.25, -0.2) is 8.42 Å². The number of carbonyl (C=O) groups is 2. The number of amides is 2. The maximum Gasteiger partial charge on any atom is 0.266 e. The van der Waals surface area contributed by atoms with Crippen LogP contribution in [0, 0.1) is 0 Å². The molecular weight excluding hydrogens is 473 g/mol. The molecule has 0 saturated heterocycles. The Morgan fingerprint density at radius 1 is 1.06 bits per heavy atom. The quantitative estimate of drug-likeness (QED) is 0.634. The van der Waals surface area contributed by atoms with Gasteiger partial charge in [0.15, 0.2) is 0 Å². The Bertz CT molecular complexity index is 1140. The summed E-state index contributed by atoms with van der Waals surface area (Å²) in [6, 6.07) is 9.26. The number of anilines is 2. The van der Waals surface area contributed by atoms with Gasteiger partial charge in [0.2, 0.25) is 11.8 Å². The Morgan fingerprint density at radius 2 is 1.69 bits per heavy atom. The van der Waals surface area contributed by atoms with E-state index in [2.05, 4.69) is 5.32 Å². The maximum atomic E-state index is 13.8. The number of hydrogen-bond acceptors (Lipinski definition) is 4. The molecular formula is C22H25Cl2N3O4S. The van der Waals surface area contributed by atoms with Crippen LogP contribution in [-0.4, -0.2) is 43.3 Å². The SMILES string of the molecule is CC(C)N(C(=O)C[C@@H]1C(=O)Nc2ccccc2N1S(=O)(=O)c1cccc(Cl)c1Cl)C(C)C. The minimum absolute atomic E-state index is 0.0703. The van der Waals surface area contributed by atoms with Crippen LogP contribution in [0.2, 0.25) is 10.0 Å². The number of para-hydroxylation sites is 2. The van der Waals surface area contributed by atoms with Crippen molar-refractivity contribution < 1.29 is 18.0 Å². The number of halogens is 2. The molecule has 2 aromatic carbocycles. The molecule has 10 heteroatoms. The molecule has 32 heavy (non-hydrogen) atoms. The lowest BCUT2D eigenvalue weighted by Crippen LogP contribution is -2.54. The van der Waals surface area contributed by atoms with E-state index in [-0.39, 0.29) is 45.0 Å². The van der Waals surface area contributed by atoms with Crippen LogP contribution in [0.15, 0.2) is 47.4 Å². The monoisotopic (exact) mass is 497 g/mol. The lowest BCUT2D eigenvalue weighted by Gasteiger charge is -2.38. The standard InChI is InChI=1S/C22H25Cl2N3O4S/c1-13(2)26(14(3)4)20(28)12-18-22(29)25-16-9-5-6-10-17(16)27(18)32(30,31)19-11-7-8-15(23)21(19)24/h5-11,13-14,18H,12H2,1-4H3,(H,25,29)/t18-/m1/s1. The van der Waals surface area contributed by atoms with Gasteiger partial charge in [0.05, 0.1) is 27.8 Å². The Kier molecular flexibility index (Phi) is 7.07. The fourth-order valence-electron chi connectivity index (χ4n) is 3.97. The predicted molar refractivity (Wildman–Crippen MR) is 127 cm³/mol. The number of rotatable bonds is 6. The van der Waals surface area contributed by atoms with Crippen LogP contribution in [0.3, 0.4) is 0 Å². The first-order chi connectivity index (χ1) is 15.0. The van der Waals surface area contributed by atoms with Gasteiger partial charge in [-0.05, 0) is 52.0 Å². The van der Waals surface area contributed by atoms with Crippen molar-refractivity contribution >= 4 is 56.4 Å². The summed E-state index contributed by atoms with van der Waals surface area (Å²) >= 11 is 12.3. The van der Waals surface area contributed by atoms with Crippen LogP contribution in [-0.2, 0) is 19.6 Å². The molecule has 7 nitrogen and oxygen atoms in total. The smallest absolute Gasteiger partial charge is 0.266 e. The zero-order valence-corrected chi connectivity index (χ0v) is 20.5. The third-order valence-corrected chi connectivity index (χ3v) is 8.00. The number of nitrogens with one attached hydrogen (secondary N) is 1. The molecule has 1 N–H and O–H groups in total. The summed E-state index contributed by atoms with van der Waals surface area (Å²) in [5.41, 5.74) is 0.578. The van der Waals surface area contributed by atoms with E-state index < -0.39 is 22.0 Å². The third kappa shape index (κ3) is 4.44. The fourth-order valence-corrected chi connectivity index (χ4v) is 6.34. The largest absolute Gasteiger partial charge is 0.338 e. The van der Waals surface area contributed by atoms with Crippen LogP contribution >= 0.6 is 23.2 Å². The van der Waals surface area contributed by atoms with E-state index >= 15 is 0 Å². The molecule has 1 heterocycles. The van der Waals surface area contributed by atoms with Gasteiger partial charge < -0.3 is 10.2 Å². The van der Waals surface area contributed by atoms with Crippen molar-refractivity contribution in [3.8, 4) is 0 Å². The number of hydrogen-bond donors (Lipinski definition) is 1. The Morgan fingerprint density at radius 3 is 2.31 bits per heavy atom. The van der Waals surface area contributed by atoms with Gasteiger partial charge in [-0.1, -0.05) is 41.4 Å². The van der Waals surface area contributed by atoms with Crippen molar-refractivity contribution in [1.29, 1.82) is 0 Å². The molecule has 1 aliphatic heterocycles. The van der Waals surface area contributed by atoms with Crippen molar-refractivity contribution in [2.45, 2.75) is 57.1 Å². The first kappa shape index (κ1) is 24.4. The van der Waals surface area contributed by atoms with Crippen LogP contribution < -0.4 is 9.62 Å². The average molecular weight is 498 g/mol. The number of nitrogens with zero attached hydrogens (tertiary/aromatic N) is 2. The first-order valence-electron chi connectivity index (χ1n) is 10.2. The predicted octanol–water partition coefficient (Wildman–Crippen LogP) is 4.54. The van der Waals surface area contributed by atoms with E-state index in [0.29, 0.717) is 5.69 Å². The summed E-state index contributed by atoms with van der Waals surface area (Å²) < 4.78 is 28.5. The second kappa shape index (κ2) is 9.29. The second-order valence-electron chi connectivity index (χ2n) is 8.07. The molecule has 3 rings (SSSR count). The fraction of sp³-hybridized carbons (Fsp3) is 0.364. The van der Waals surface area contributed by atoms with Gasteiger partial charge >= 0.3 is 0 Å².